The first-order chi connectivity index (χ1) is 13.8. The van der Waals surface area contributed by atoms with Crippen LogP contribution in [0.25, 0.3) is 0 Å². The highest BCUT2D eigenvalue weighted by atomic mass is 32.1. The Bertz CT molecular complexity index is 976. The Morgan fingerprint density at radius 1 is 1.28 bits per heavy atom. The Hall–Kier alpha value is -3.18. The average molecular weight is 410 g/mol. The summed E-state index contributed by atoms with van der Waals surface area (Å²) in [4.78, 5) is 41.7. The third-order valence-electron chi connectivity index (χ3n) is 4.85. The summed E-state index contributed by atoms with van der Waals surface area (Å²) in [6.07, 6.45) is 0.145. The number of carbonyl (C=O) groups excluding carboxylic acids is 3. The zero-order valence-corrected chi connectivity index (χ0v) is 17.4. The monoisotopic (exact) mass is 410 g/mol. The Morgan fingerprint density at radius 2 is 1.97 bits per heavy atom. The molecule has 2 heterocycles. The van der Waals surface area contributed by atoms with E-state index < -0.39 is 23.4 Å². The van der Waals surface area contributed by atoms with Crippen LogP contribution in [0.2, 0.25) is 0 Å². The summed E-state index contributed by atoms with van der Waals surface area (Å²) in [5, 5.41) is 13.5. The first-order valence-electron chi connectivity index (χ1n) is 9.20. The van der Waals surface area contributed by atoms with Crippen molar-refractivity contribution >= 4 is 34.9 Å². The highest BCUT2D eigenvalue weighted by molar-refractivity contribution is 7.10. The predicted molar refractivity (Wildman–Crippen MR) is 110 cm³/mol. The molecule has 7 nitrogen and oxygen atoms in total. The smallest absolute Gasteiger partial charge is 0.319 e. The molecule has 1 aromatic heterocycles. The van der Waals surface area contributed by atoms with Crippen molar-refractivity contribution in [1.82, 2.24) is 10.2 Å². The van der Waals surface area contributed by atoms with E-state index in [1.165, 1.54) is 16.2 Å². The molecule has 1 unspecified atom stereocenters. The number of amides is 4. The Morgan fingerprint density at radius 3 is 2.55 bits per heavy atom. The molecular weight excluding hydrogens is 388 g/mol. The zero-order chi connectivity index (χ0) is 21.2. The van der Waals surface area contributed by atoms with Gasteiger partial charge in [-0.25, -0.2) is 4.79 Å². The first-order valence-corrected chi connectivity index (χ1v) is 10.1. The van der Waals surface area contributed by atoms with Crippen molar-refractivity contribution in [2.45, 2.75) is 32.7 Å². The minimum Gasteiger partial charge on any atom is -0.319 e. The summed E-state index contributed by atoms with van der Waals surface area (Å²) in [5.74, 6) is -0.872. The minimum absolute atomic E-state index is 0.145. The summed E-state index contributed by atoms with van der Waals surface area (Å²) in [7, 11) is 0. The maximum Gasteiger partial charge on any atom is 0.325 e. The molecule has 2 aromatic rings. The molecule has 1 aromatic carbocycles. The van der Waals surface area contributed by atoms with Crippen molar-refractivity contribution in [1.29, 1.82) is 5.26 Å². The van der Waals surface area contributed by atoms with Crippen molar-refractivity contribution in [3.63, 3.8) is 0 Å². The average Bonchev–Trinajstić information content (AvgIpc) is 3.26. The van der Waals surface area contributed by atoms with E-state index in [9.17, 15) is 14.4 Å². The lowest BCUT2D eigenvalue weighted by Crippen LogP contribution is -2.44. The molecule has 4 amide bonds. The summed E-state index contributed by atoms with van der Waals surface area (Å²) in [6, 6.07) is 10.7. The van der Waals surface area contributed by atoms with Crippen LogP contribution < -0.4 is 10.2 Å². The van der Waals surface area contributed by atoms with Crippen molar-refractivity contribution in [2.75, 3.05) is 18.0 Å². The molecule has 29 heavy (non-hydrogen) atoms. The fourth-order valence-electron chi connectivity index (χ4n) is 3.46. The van der Waals surface area contributed by atoms with Gasteiger partial charge in [0.05, 0.1) is 12.5 Å². The van der Waals surface area contributed by atoms with Gasteiger partial charge >= 0.3 is 6.03 Å². The number of aryl methyl sites for hydroxylation is 2. The number of benzene rings is 1. The van der Waals surface area contributed by atoms with Crippen LogP contribution in [0.3, 0.4) is 0 Å². The van der Waals surface area contributed by atoms with E-state index in [0.29, 0.717) is 10.6 Å². The summed E-state index contributed by atoms with van der Waals surface area (Å²) in [6.45, 7) is 5.29. The second-order valence-corrected chi connectivity index (χ2v) is 8.17. The van der Waals surface area contributed by atoms with Crippen LogP contribution >= 0.6 is 11.3 Å². The topological polar surface area (TPSA) is 93.5 Å². The Labute approximate surface area is 173 Å². The van der Waals surface area contributed by atoms with Crippen molar-refractivity contribution in [3.8, 4) is 6.07 Å². The maximum absolute atomic E-state index is 13.1. The molecule has 0 saturated carbocycles. The van der Waals surface area contributed by atoms with E-state index in [1.807, 2.05) is 49.6 Å². The van der Waals surface area contributed by atoms with Gasteiger partial charge in [0.15, 0.2) is 5.54 Å². The van der Waals surface area contributed by atoms with Crippen LogP contribution in [0, 0.1) is 25.2 Å². The number of nitrogens with one attached hydrogen (secondary N) is 1. The Kier molecular flexibility index (Phi) is 5.71. The predicted octanol–water partition coefficient (Wildman–Crippen LogP) is 3.08. The molecule has 1 aliphatic heterocycles. The van der Waals surface area contributed by atoms with E-state index in [1.54, 1.807) is 13.0 Å². The van der Waals surface area contributed by atoms with Gasteiger partial charge in [-0.1, -0.05) is 12.1 Å². The number of anilines is 1. The highest BCUT2D eigenvalue weighted by Crippen LogP contribution is 2.32. The molecule has 150 valence electrons. The number of nitriles is 1. The minimum atomic E-state index is -1.18. The third-order valence-corrected chi connectivity index (χ3v) is 5.94. The number of rotatable bonds is 6. The Balaban J connectivity index is 1.85. The van der Waals surface area contributed by atoms with Gasteiger partial charge in [0.1, 0.15) is 6.54 Å². The van der Waals surface area contributed by atoms with Gasteiger partial charge in [0.2, 0.25) is 5.91 Å². The number of carbonyl (C=O) groups is 3. The lowest BCUT2D eigenvalue weighted by atomic mass is 10.0. The van der Waals surface area contributed by atoms with Gasteiger partial charge < -0.3 is 10.2 Å². The summed E-state index contributed by atoms with van der Waals surface area (Å²) >= 11 is 1.37. The normalized spacial score (nSPS) is 18.5. The first kappa shape index (κ1) is 20.6. The third kappa shape index (κ3) is 4.00. The molecule has 1 N–H and O–H groups in total. The lowest BCUT2D eigenvalue weighted by molar-refractivity contribution is -0.134. The molecule has 3 rings (SSSR count). The lowest BCUT2D eigenvalue weighted by Gasteiger charge is -2.25. The van der Waals surface area contributed by atoms with Crippen LogP contribution in [-0.2, 0) is 15.1 Å². The largest absolute Gasteiger partial charge is 0.325 e. The zero-order valence-electron chi connectivity index (χ0n) is 16.6. The van der Waals surface area contributed by atoms with Crippen LogP contribution in [0.4, 0.5) is 10.5 Å². The molecule has 1 aliphatic rings. The van der Waals surface area contributed by atoms with Crippen LogP contribution in [-0.4, -0.2) is 35.8 Å². The van der Waals surface area contributed by atoms with Gasteiger partial charge in [0.25, 0.3) is 5.91 Å². The molecule has 0 bridgehead atoms. The van der Waals surface area contributed by atoms with Gasteiger partial charge in [-0.2, -0.15) is 5.26 Å². The molecule has 0 radical (unpaired) electrons. The quantitative estimate of drug-likeness (QED) is 0.741. The van der Waals surface area contributed by atoms with E-state index in [-0.39, 0.29) is 19.5 Å². The van der Waals surface area contributed by atoms with Gasteiger partial charge in [0, 0.05) is 17.1 Å². The van der Waals surface area contributed by atoms with Crippen molar-refractivity contribution in [3.05, 3.63) is 51.7 Å². The van der Waals surface area contributed by atoms with Crippen molar-refractivity contribution in [2.24, 2.45) is 0 Å². The maximum atomic E-state index is 13.1. The molecule has 0 aliphatic carbocycles. The summed E-state index contributed by atoms with van der Waals surface area (Å²) < 4.78 is 0. The van der Waals surface area contributed by atoms with E-state index in [4.69, 9.17) is 5.26 Å². The number of nitrogens with zero attached hydrogens (tertiary/aromatic N) is 3. The standard InChI is InChI=1S/C21H22N4O3S/c1-14-10-15(2)12-16(11-14)24(8-5-7-22)18(26)13-25-19(27)21(3,23-20(25)28)17-6-4-9-29-17/h4,6,9-12H,5,8,13H2,1-3H3,(H,23,28). The second kappa shape index (κ2) is 8.05. The van der Waals surface area contributed by atoms with Crippen LogP contribution in [0.15, 0.2) is 35.7 Å². The van der Waals surface area contributed by atoms with Crippen LogP contribution in [0.1, 0.15) is 29.3 Å². The highest BCUT2D eigenvalue weighted by Gasteiger charge is 2.50. The number of imide groups is 1. The van der Waals surface area contributed by atoms with Gasteiger partial charge in [-0.15, -0.1) is 11.3 Å². The number of hydrogen-bond donors (Lipinski definition) is 1. The molecule has 0 spiro atoms. The SMILES string of the molecule is Cc1cc(C)cc(N(CCC#N)C(=O)CN2C(=O)NC(C)(c3cccs3)C2=O)c1. The van der Waals surface area contributed by atoms with Gasteiger partial charge in [-0.05, 0) is 55.5 Å². The molecule has 1 atom stereocenters. The van der Waals surface area contributed by atoms with Gasteiger partial charge in [-0.3, -0.25) is 14.5 Å². The fraction of sp³-hybridized carbons (Fsp3) is 0.333. The van der Waals surface area contributed by atoms with E-state index in [0.717, 1.165) is 16.0 Å². The molecular formula is C21H22N4O3S. The van der Waals surface area contributed by atoms with Crippen LogP contribution in [0.5, 0.6) is 0 Å². The van der Waals surface area contributed by atoms with E-state index in [2.05, 4.69) is 5.32 Å². The molecule has 8 heteroatoms. The fourth-order valence-corrected chi connectivity index (χ4v) is 4.29. The molecule has 1 saturated heterocycles. The van der Waals surface area contributed by atoms with Crippen molar-refractivity contribution < 1.29 is 14.4 Å². The number of thiophene rings is 1. The second-order valence-electron chi connectivity index (χ2n) is 7.22. The molecule has 1 fully saturated rings. The number of urea groups is 1. The number of hydrogen-bond acceptors (Lipinski definition) is 5. The summed E-state index contributed by atoms with van der Waals surface area (Å²) in [5.41, 5.74) is 1.43. The van der Waals surface area contributed by atoms with E-state index >= 15 is 0 Å².